The molecule has 0 spiro atoms. The highest BCUT2D eigenvalue weighted by Crippen LogP contribution is 2.25. The fourth-order valence-corrected chi connectivity index (χ4v) is 1.81. The molecule has 2 N–H and O–H groups in total. The quantitative estimate of drug-likeness (QED) is 0.871. The van der Waals surface area contributed by atoms with E-state index in [0.29, 0.717) is 22.1 Å². The second kappa shape index (κ2) is 5.69. The molecule has 0 saturated heterocycles. The van der Waals surface area contributed by atoms with Gasteiger partial charge in [-0.25, -0.2) is 0 Å². The summed E-state index contributed by atoms with van der Waals surface area (Å²) in [6, 6.07) is 7.09. The SMILES string of the molecule is CC(CC#N)N(C)C(=O)c1cccc(N)c1Br. The molecule has 0 saturated carbocycles. The first-order valence-corrected chi connectivity index (χ1v) is 5.96. The van der Waals surface area contributed by atoms with E-state index in [1.54, 1.807) is 30.1 Å². The van der Waals surface area contributed by atoms with E-state index < -0.39 is 0 Å². The summed E-state index contributed by atoms with van der Waals surface area (Å²) in [5, 5.41) is 8.62. The average molecular weight is 296 g/mol. The van der Waals surface area contributed by atoms with Gasteiger partial charge in [0.05, 0.1) is 22.5 Å². The molecule has 17 heavy (non-hydrogen) atoms. The Hall–Kier alpha value is -1.54. The Morgan fingerprint density at radius 3 is 2.88 bits per heavy atom. The molecule has 1 aromatic rings. The number of nitrogens with zero attached hydrogens (tertiary/aromatic N) is 2. The Labute approximate surface area is 109 Å². The molecule has 4 nitrogen and oxygen atoms in total. The van der Waals surface area contributed by atoms with Crippen LogP contribution in [0.4, 0.5) is 5.69 Å². The van der Waals surface area contributed by atoms with Crippen molar-refractivity contribution in [3.63, 3.8) is 0 Å². The highest BCUT2D eigenvalue weighted by molar-refractivity contribution is 9.10. The lowest BCUT2D eigenvalue weighted by molar-refractivity contribution is 0.0745. The van der Waals surface area contributed by atoms with Crippen LogP contribution in [-0.2, 0) is 0 Å². The molecule has 0 radical (unpaired) electrons. The maximum Gasteiger partial charge on any atom is 0.255 e. The van der Waals surface area contributed by atoms with Crippen molar-refractivity contribution >= 4 is 27.5 Å². The van der Waals surface area contributed by atoms with Crippen molar-refractivity contribution in [2.45, 2.75) is 19.4 Å². The minimum Gasteiger partial charge on any atom is -0.398 e. The molecule has 5 heteroatoms. The van der Waals surface area contributed by atoms with Gasteiger partial charge in [-0.15, -0.1) is 0 Å². The van der Waals surface area contributed by atoms with E-state index in [9.17, 15) is 4.79 Å². The minimum absolute atomic E-state index is 0.124. The molecule has 1 unspecified atom stereocenters. The summed E-state index contributed by atoms with van der Waals surface area (Å²) in [7, 11) is 1.68. The first-order chi connectivity index (χ1) is 7.99. The van der Waals surface area contributed by atoms with Crippen molar-refractivity contribution in [1.82, 2.24) is 4.90 Å². The van der Waals surface area contributed by atoms with E-state index in [-0.39, 0.29) is 11.9 Å². The third-order valence-electron chi connectivity index (χ3n) is 2.63. The van der Waals surface area contributed by atoms with Crippen LogP contribution in [0.15, 0.2) is 22.7 Å². The molecule has 0 aromatic heterocycles. The zero-order valence-electron chi connectivity index (χ0n) is 9.77. The third kappa shape index (κ3) is 2.98. The van der Waals surface area contributed by atoms with E-state index in [4.69, 9.17) is 11.0 Å². The van der Waals surface area contributed by atoms with E-state index in [0.717, 1.165) is 0 Å². The Morgan fingerprint density at radius 2 is 2.29 bits per heavy atom. The van der Waals surface area contributed by atoms with Gasteiger partial charge >= 0.3 is 0 Å². The maximum absolute atomic E-state index is 12.2. The monoisotopic (exact) mass is 295 g/mol. The number of anilines is 1. The zero-order valence-corrected chi connectivity index (χ0v) is 11.4. The Morgan fingerprint density at radius 1 is 1.65 bits per heavy atom. The summed E-state index contributed by atoms with van der Waals surface area (Å²) in [6.45, 7) is 1.83. The summed E-state index contributed by atoms with van der Waals surface area (Å²) >= 11 is 3.30. The number of hydrogen-bond acceptors (Lipinski definition) is 3. The van der Waals surface area contributed by atoms with E-state index in [1.807, 2.05) is 6.92 Å². The fraction of sp³-hybridized carbons (Fsp3) is 0.333. The van der Waals surface area contributed by atoms with Crippen molar-refractivity contribution in [3.8, 4) is 6.07 Å². The number of carbonyl (C=O) groups is 1. The second-order valence-electron chi connectivity index (χ2n) is 3.84. The Kier molecular flexibility index (Phi) is 4.53. The van der Waals surface area contributed by atoms with Gasteiger partial charge in [0, 0.05) is 18.8 Å². The largest absolute Gasteiger partial charge is 0.398 e. The van der Waals surface area contributed by atoms with Crippen LogP contribution in [0.2, 0.25) is 0 Å². The smallest absolute Gasteiger partial charge is 0.255 e. The zero-order chi connectivity index (χ0) is 13.0. The maximum atomic E-state index is 12.2. The summed E-state index contributed by atoms with van der Waals surface area (Å²) in [4.78, 5) is 13.7. The van der Waals surface area contributed by atoms with Crippen molar-refractivity contribution in [2.24, 2.45) is 0 Å². The number of rotatable bonds is 3. The summed E-state index contributed by atoms with van der Waals surface area (Å²) in [6.07, 6.45) is 0.308. The molecule has 0 aliphatic rings. The van der Waals surface area contributed by atoms with Crippen LogP contribution < -0.4 is 5.73 Å². The highest BCUT2D eigenvalue weighted by atomic mass is 79.9. The lowest BCUT2D eigenvalue weighted by Gasteiger charge is -2.23. The van der Waals surface area contributed by atoms with Crippen LogP contribution >= 0.6 is 15.9 Å². The Balaban J connectivity index is 2.97. The number of benzene rings is 1. The molecule has 0 fully saturated rings. The van der Waals surface area contributed by atoms with Crippen molar-refractivity contribution in [2.75, 3.05) is 12.8 Å². The molecule has 1 atom stereocenters. The van der Waals surface area contributed by atoms with Gasteiger partial charge in [-0.05, 0) is 35.0 Å². The van der Waals surface area contributed by atoms with Gasteiger partial charge < -0.3 is 10.6 Å². The lowest BCUT2D eigenvalue weighted by atomic mass is 10.1. The predicted octanol–water partition coefficient (Wildman–Crippen LogP) is 2.41. The Bertz CT molecular complexity index is 467. The summed E-state index contributed by atoms with van der Waals surface area (Å²) in [5.74, 6) is -0.146. The highest BCUT2D eigenvalue weighted by Gasteiger charge is 2.19. The molecule has 0 bridgehead atoms. The number of nitrogen functional groups attached to an aromatic ring is 1. The van der Waals surface area contributed by atoms with E-state index in [1.165, 1.54) is 0 Å². The second-order valence-corrected chi connectivity index (χ2v) is 4.63. The first kappa shape index (κ1) is 13.5. The fourth-order valence-electron chi connectivity index (χ4n) is 1.37. The van der Waals surface area contributed by atoms with Crippen LogP contribution in [0.25, 0.3) is 0 Å². The van der Waals surface area contributed by atoms with Gasteiger partial charge in [-0.2, -0.15) is 5.26 Å². The van der Waals surface area contributed by atoms with Crippen molar-refractivity contribution in [3.05, 3.63) is 28.2 Å². The number of carbonyl (C=O) groups excluding carboxylic acids is 1. The van der Waals surface area contributed by atoms with Gasteiger partial charge in [0.15, 0.2) is 0 Å². The van der Waals surface area contributed by atoms with Gasteiger partial charge in [0.1, 0.15) is 0 Å². The number of nitrogens with two attached hydrogens (primary N) is 1. The molecule has 0 heterocycles. The molecule has 90 valence electrons. The summed E-state index contributed by atoms with van der Waals surface area (Å²) in [5.41, 5.74) is 6.76. The molecular weight excluding hydrogens is 282 g/mol. The lowest BCUT2D eigenvalue weighted by Crippen LogP contribution is -2.35. The number of halogens is 1. The standard InChI is InChI=1S/C12H14BrN3O/c1-8(6-7-14)16(2)12(17)9-4-3-5-10(15)11(9)13/h3-5,8H,6,15H2,1-2H3. The third-order valence-corrected chi connectivity index (χ3v) is 3.51. The van der Waals surface area contributed by atoms with E-state index >= 15 is 0 Å². The molecule has 1 aromatic carbocycles. The van der Waals surface area contributed by atoms with Gasteiger partial charge in [0.25, 0.3) is 5.91 Å². The van der Waals surface area contributed by atoms with Crippen LogP contribution in [0.1, 0.15) is 23.7 Å². The van der Waals surface area contributed by atoms with Gasteiger partial charge in [0.2, 0.25) is 0 Å². The molecule has 1 amide bonds. The van der Waals surface area contributed by atoms with Crippen molar-refractivity contribution in [1.29, 1.82) is 5.26 Å². The molecular formula is C12H14BrN3O. The molecule has 0 aliphatic carbocycles. The number of amides is 1. The minimum atomic E-state index is -0.146. The number of nitriles is 1. The normalized spacial score (nSPS) is 11.6. The first-order valence-electron chi connectivity index (χ1n) is 5.17. The van der Waals surface area contributed by atoms with Gasteiger partial charge in [-0.1, -0.05) is 6.07 Å². The van der Waals surface area contributed by atoms with Crippen LogP contribution in [-0.4, -0.2) is 23.9 Å². The predicted molar refractivity (Wildman–Crippen MR) is 70.3 cm³/mol. The van der Waals surface area contributed by atoms with E-state index in [2.05, 4.69) is 22.0 Å². The van der Waals surface area contributed by atoms with Crippen molar-refractivity contribution < 1.29 is 4.79 Å². The topological polar surface area (TPSA) is 70.1 Å². The van der Waals surface area contributed by atoms with Crippen LogP contribution in [0, 0.1) is 11.3 Å². The molecule has 1 rings (SSSR count). The molecule has 0 aliphatic heterocycles. The number of hydrogen-bond donors (Lipinski definition) is 1. The van der Waals surface area contributed by atoms with Crippen LogP contribution in [0.5, 0.6) is 0 Å². The van der Waals surface area contributed by atoms with Gasteiger partial charge in [-0.3, -0.25) is 4.79 Å². The van der Waals surface area contributed by atoms with Crippen LogP contribution in [0.3, 0.4) is 0 Å². The summed E-state index contributed by atoms with van der Waals surface area (Å²) < 4.78 is 0.598. The average Bonchev–Trinajstić information content (AvgIpc) is 2.31.